The molecule has 0 aromatic carbocycles. The molecule has 0 saturated carbocycles. The van der Waals surface area contributed by atoms with E-state index in [0.29, 0.717) is 5.92 Å². The van der Waals surface area contributed by atoms with Crippen LogP contribution in [0.2, 0.25) is 0 Å². The Labute approximate surface area is 108 Å². The standard InChI is InChI=1S/C14H18N4/c1-9(2)14-17-12(6-13(15-4)18-14)11-5-10(3)7-16-8-11/h5-9H,1-4H3,(H,15,17,18). The Bertz CT molecular complexity index is 549. The minimum atomic E-state index is 0.301. The molecule has 2 heterocycles. The van der Waals surface area contributed by atoms with E-state index < -0.39 is 0 Å². The number of aryl methyl sites for hydroxylation is 1. The van der Waals surface area contributed by atoms with E-state index in [1.54, 1.807) is 0 Å². The topological polar surface area (TPSA) is 50.7 Å². The van der Waals surface area contributed by atoms with Gasteiger partial charge in [0.2, 0.25) is 0 Å². The predicted molar refractivity (Wildman–Crippen MR) is 73.6 cm³/mol. The van der Waals surface area contributed by atoms with E-state index in [1.807, 2.05) is 32.4 Å². The normalized spacial score (nSPS) is 10.7. The van der Waals surface area contributed by atoms with E-state index in [2.05, 4.69) is 40.2 Å². The van der Waals surface area contributed by atoms with E-state index in [0.717, 1.165) is 28.5 Å². The third-order valence-electron chi connectivity index (χ3n) is 2.69. The van der Waals surface area contributed by atoms with Gasteiger partial charge in [0, 0.05) is 37.0 Å². The summed E-state index contributed by atoms with van der Waals surface area (Å²) in [7, 11) is 1.87. The Morgan fingerprint density at radius 3 is 2.50 bits per heavy atom. The van der Waals surface area contributed by atoms with Gasteiger partial charge in [-0.05, 0) is 18.6 Å². The average Bonchev–Trinajstić information content (AvgIpc) is 2.38. The monoisotopic (exact) mass is 242 g/mol. The highest BCUT2D eigenvalue weighted by atomic mass is 15.0. The lowest BCUT2D eigenvalue weighted by molar-refractivity contribution is 0.777. The summed E-state index contributed by atoms with van der Waals surface area (Å²) < 4.78 is 0. The van der Waals surface area contributed by atoms with Crippen LogP contribution in [0.25, 0.3) is 11.3 Å². The molecule has 1 N–H and O–H groups in total. The van der Waals surface area contributed by atoms with Gasteiger partial charge < -0.3 is 5.32 Å². The van der Waals surface area contributed by atoms with E-state index in [-0.39, 0.29) is 0 Å². The molecule has 18 heavy (non-hydrogen) atoms. The van der Waals surface area contributed by atoms with Crippen LogP contribution in [0.5, 0.6) is 0 Å². The van der Waals surface area contributed by atoms with Crippen molar-refractivity contribution in [1.82, 2.24) is 15.0 Å². The van der Waals surface area contributed by atoms with Gasteiger partial charge in [-0.15, -0.1) is 0 Å². The van der Waals surface area contributed by atoms with Crippen LogP contribution in [-0.2, 0) is 0 Å². The smallest absolute Gasteiger partial charge is 0.133 e. The fourth-order valence-corrected chi connectivity index (χ4v) is 1.70. The fraction of sp³-hybridized carbons (Fsp3) is 0.357. The number of pyridine rings is 1. The highest BCUT2D eigenvalue weighted by molar-refractivity contribution is 5.62. The van der Waals surface area contributed by atoms with Crippen LogP contribution >= 0.6 is 0 Å². The van der Waals surface area contributed by atoms with Crippen molar-refractivity contribution in [3.05, 3.63) is 35.9 Å². The van der Waals surface area contributed by atoms with Gasteiger partial charge >= 0.3 is 0 Å². The van der Waals surface area contributed by atoms with Gasteiger partial charge in [-0.3, -0.25) is 4.98 Å². The Morgan fingerprint density at radius 1 is 1.11 bits per heavy atom. The number of rotatable bonds is 3. The quantitative estimate of drug-likeness (QED) is 0.898. The van der Waals surface area contributed by atoms with Gasteiger partial charge in [0.1, 0.15) is 11.6 Å². The number of hydrogen-bond acceptors (Lipinski definition) is 4. The highest BCUT2D eigenvalue weighted by Crippen LogP contribution is 2.22. The number of nitrogens with zero attached hydrogens (tertiary/aromatic N) is 3. The van der Waals surface area contributed by atoms with Crippen molar-refractivity contribution >= 4 is 5.82 Å². The van der Waals surface area contributed by atoms with Crippen LogP contribution in [0.4, 0.5) is 5.82 Å². The van der Waals surface area contributed by atoms with Gasteiger partial charge in [0.15, 0.2) is 0 Å². The summed E-state index contributed by atoms with van der Waals surface area (Å²) in [4.78, 5) is 13.3. The van der Waals surface area contributed by atoms with Gasteiger partial charge in [-0.2, -0.15) is 0 Å². The SMILES string of the molecule is CNc1cc(-c2cncc(C)c2)nc(C(C)C)n1. The molecule has 0 radical (unpaired) electrons. The molecule has 0 atom stereocenters. The van der Waals surface area contributed by atoms with Crippen molar-refractivity contribution in [3.8, 4) is 11.3 Å². The van der Waals surface area contributed by atoms with Gasteiger partial charge in [-0.25, -0.2) is 9.97 Å². The molecule has 2 rings (SSSR count). The minimum absolute atomic E-state index is 0.301. The molecule has 0 spiro atoms. The van der Waals surface area contributed by atoms with Crippen LogP contribution in [0.1, 0.15) is 31.2 Å². The van der Waals surface area contributed by atoms with E-state index in [1.165, 1.54) is 0 Å². The zero-order chi connectivity index (χ0) is 13.1. The zero-order valence-corrected chi connectivity index (χ0v) is 11.2. The van der Waals surface area contributed by atoms with Crippen LogP contribution in [0.3, 0.4) is 0 Å². The first kappa shape index (κ1) is 12.5. The molecule has 4 nitrogen and oxygen atoms in total. The van der Waals surface area contributed by atoms with Gasteiger partial charge in [0.05, 0.1) is 5.69 Å². The largest absolute Gasteiger partial charge is 0.373 e. The van der Waals surface area contributed by atoms with Crippen molar-refractivity contribution in [2.24, 2.45) is 0 Å². The van der Waals surface area contributed by atoms with Crippen molar-refractivity contribution in [3.63, 3.8) is 0 Å². The maximum Gasteiger partial charge on any atom is 0.133 e. The molecule has 0 amide bonds. The molecule has 4 heteroatoms. The molecule has 0 unspecified atom stereocenters. The van der Waals surface area contributed by atoms with Gasteiger partial charge in [-0.1, -0.05) is 13.8 Å². The second-order valence-corrected chi connectivity index (χ2v) is 4.65. The Morgan fingerprint density at radius 2 is 1.89 bits per heavy atom. The Kier molecular flexibility index (Phi) is 3.55. The Hall–Kier alpha value is -1.97. The molecular formula is C14H18N4. The second-order valence-electron chi connectivity index (χ2n) is 4.65. The molecule has 0 aliphatic carbocycles. The minimum Gasteiger partial charge on any atom is -0.373 e. The molecule has 0 bridgehead atoms. The van der Waals surface area contributed by atoms with E-state index >= 15 is 0 Å². The first-order valence-electron chi connectivity index (χ1n) is 6.09. The lowest BCUT2D eigenvalue weighted by Gasteiger charge is -2.10. The average molecular weight is 242 g/mol. The molecule has 0 aliphatic heterocycles. The maximum atomic E-state index is 4.60. The summed E-state index contributed by atoms with van der Waals surface area (Å²) in [6, 6.07) is 4.03. The lowest BCUT2D eigenvalue weighted by atomic mass is 10.1. The fourth-order valence-electron chi connectivity index (χ4n) is 1.70. The molecule has 94 valence electrons. The number of anilines is 1. The molecule has 0 aliphatic rings. The second kappa shape index (κ2) is 5.12. The molecule has 0 saturated heterocycles. The zero-order valence-electron chi connectivity index (χ0n) is 11.2. The van der Waals surface area contributed by atoms with Crippen LogP contribution in [0, 0.1) is 6.92 Å². The van der Waals surface area contributed by atoms with Crippen molar-refractivity contribution in [2.45, 2.75) is 26.7 Å². The Balaban J connectivity index is 2.53. The van der Waals surface area contributed by atoms with Gasteiger partial charge in [0.25, 0.3) is 0 Å². The number of hydrogen-bond donors (Lipinski definition) is 1. The van der Waals surface area contributed by atoms with Crippen LogP contribution in [-0.4, -0.2) is 22.0 Å². The van der Waals surface area contributed by atoms with Crippen LogP contribution < -0.4 is 5.32 Å². The summed E-state index contributed by atoms with van der Waals surface area (Å²) in [5.41, 5.74) is 3.06. The summed E-state index contributed by atoms with van der Waals surface area (Å²) in [6.45, 7) is 6.21. The summed E-state index contributed by atoms with van der Waals surface area (Å²) in [6.07, 6.45) is 3.67. The molecular weight excluding hydrogens is 224 g/mol. The number of aromatic nitrogens is 3. The summed E-state index contributed by atoms with van der Waals surface area (Å²) in [5.74, 6) is 1.98. The van der Waals surface area contributed by atoms with Crippen molar-refractivity contribution in [1.29, 1.82) is 0 Å². The van der Waals surface area contributed by atoms with Crippen molar-refractivity contribution < 1.29 is 0 Å². The maximum absolute atomic E-state index is 4.60. The van der Waals surface area contributed by atoms with Crippen molar-refractivity contribution in [2.75, 3.05) is 12.4 Å². The number of nitrogens with one attached hydrogen (secondary N) is 1. The molecule has 0 fully saturated rings. The van der Waals surface area contributed by atoms with E-state index in [4.69, 9.17) is 0 Å². The van der Waals surface area contributed by atoms with E-state index in [9.17, 15) is 0 Å². The molecule has 2 aromatic heterocycles. The summed E-state index contributed by atoms with van der Waals surface area (Å²) in [5, 5.41) is 3.08. The summed E-state index contributed by atoms with van der Waals surface area (Å²) >= 11 is 0. The molecule has 2 aromatic rings. The first-order chi connectivity index (χ1) is 8.60. The lowest BCUT2D eigenvalue weighted by Crippen LogP contribution is -2.03. The highest BCUT2D eigenvalue weighted by Gasteiger charge is 2.09. The predicted octanol–water partition coefficient (Wildman–Crippen LogP) is 3.01. The third-order valence-corrected chi connectivity index (χ3v) is 2.69. The third kappa shape index (κ3) is 2.64. The first-order valence-corrected chi connectivity index (χ1v) is 6.09. The van der Waals surface area contributed by atoms with Crippen LogP contribution in [0.15, 0.2) is 24.5 Å².